The second-order valence-electron chi connectivity index (χ2n) is 11.2. The number of nitrogens with zero attached hydrogens (tertiary/aromatic N) is 3. The van der Waals surface area contributed by atoms with Crippen molar-refractivity contribution in [1.29, 1.82) is 0 Å². The molecule has 0 N–H and O–H groups in total. The summed E-state index contributed by atoms with van der Waals surface area (Å²) in [5.41, 5.74) is 6.50. The van der Waals surface area contributed by atoms with Crippen LogP contribution in [0.4, 0.5) is 5.69 Å². The summed E-state index contributed by atoms with van der Waals surface area (Å²) < 4.78 is 21.2. The maximum atomic E-state index is 14.4. The molecule has 7 rings (SSSR count). The third kappa shape index (κ3) is 5.88. The van der Waals surface area contributed by atoms with Crippen LogP contribution in [0.5, 0.6) is 17.2 Å². The van der Waals surface area contributed by atoms with Gasteiger partial charge in [-0.15, -0.1) is 0 Å². The Morgan fingerprint density at radius 2 is 1.77 bits per heavy atom. The molecule has 1 atom stereocenters. The Labute approximate surface area is 295 Å². The minimum atomic E-state index is -0.436. The molecular formula is C36H27Br2N3O6S. The summed E-state index contributed by atoms with van der Waals surface area (Å²) in [5.74, 6) is 1.73. The van der Waals surface area contributed by atoms with E-state index in [-0.39, 0.29) is 17.9 Å². The first-order chi connectivity index (χ1) is 23.2. The number of benzene rings is 4. The van der Waals surface area contributed by atoms with Crippen molar-refractivity contribution in [3.8, 4) is 17.2 Å². The molecule has 1 aromatic heterocycles. The number of non-ortho nitro benzene ring substituents is 1. The molecule has 1 aliphatic heterocycles. The minimum Gasteiger partial charge on any atom is -0.493 e. The first-order valence-electron chi connectivity index (χ1n) is 15.0. The van der Waals surface area contributed by atoms with Crippen LogP contribution in [-0.2, 0) is 13.0 Å². The van der Waals surface area contributed by atoms with Gasteiger partial charge in [-0.1, -0.05) is 57.6 Å². The number of nitro benzene ring substituents is 1. The van der Waals surface area contributed by atoms with Crippen molar-refractivity contribution in [3.63, 3.8) is 0 Å². The van der Waals surface area contributed by atoms with E-state index in [1.54, 1.807) is 30.9 Å². The van der Waals surface area contributed by atoms with E-state index in [4.69, 9.17) is 19.2 Å². The normalized spacial score (nSPS) is 15.2. The molecule has 12 heteroatoms. The average Bonchev–Trinajstić information content (AvgIpc) is 3.40. The van der Waals surface area contributed by atoms with Crippen molar-refractivity contribution in [3.05, 3.63) is 151 Å². The molecule has 0 saturated carbocycles. The lowest BCUT2D eigenvalue weighted by molar-refractivity contribution is -0.384. The Hall–Kier alpha value is -4.52. The predicted molar refractivity (Wildman–Crippen MR) is 192 cm³/mol. The molecule has 2 heterocycles. The number of aromatic nitrogens is 1. The lowest BCUT2D eigenvalue weighted by Gasteiger charge is -2.31. The number of methoxy groups -OCH3 is 2. The van der Waals surface area contributed by atoms with Crippen LogP contribution in [0.25, 0.3) is 11.8 Å². The first-order valence-corrected chi connectivity index (χ1v) is 17.4. The lowest BCUT2D eigenvalue weighted by Crippen LogP contribution is -2.38. The van der Waals surface area contributed by atoms with E-state index >= 15 is 0 Å². The number of nitro groups is 1. The van der Waals surface area contributed by atoms with Crippen molar-refractivity contribution < 1.29 is 19.1 Å². The van der Waals surface area contributed by atoms with Crippen LogP contribution in [0.1, 0.15) is 40.3 Å². The molecule has 0 radical (unpaired) electrons. The van der Waals surface area contributed by atoms with Gasteiger partial charge in [-0.25, -0.2) is 4.99 Å². The molecule has 4 aromatic carbocycles. The summed E-state index contributed by atoms with van der Waals surface area (Å²) >= 11 is 8.53. The monoisotopic (exact) mass is 787 g/mol. The fraction of sp³-hybridized carbons (Fsp3) is 0.167. The predicted octanol–water partition coefficient (Wildman–Crippen LogP) is 7.35. The van der Waals surface area contributed by atoms with Gasteiger partial charge in [-0.2, -0.15) is 0 Å². The number of hydrogen-bond acceptors (Lipinski definition) is 8. The van der Waals surface area contributed by atoms with Crippen molar-refractivity contribution >= 4 is 60.7 Å². The average molecular weight is 790 g/mol. The number of thiazole rings is 1. The van der Waals surface area contributed by atoms with Crippen LogP contribution in [0, 0.1) is 10.1 Å². The maximum absolute atomic E-state index is 14.4. The summed E-state index contributed by atoms with van der Waals surface area (Å²) in [6.07, 6.45) is 3.44. The second-order valence-corrected chi connectivity index (χ2v) is 14.0. The van der Waals surface area contributed by atoms with E-state index in [0.29, 0.717) is 36.6 Å². The number of hydrogen-bond donors (Lipinski definition) is 0. The number of aryl methyl sites for hydroxylation is 1. The highest BCUT2D eigenvalue weighted by atomic mass is 79.9. The van der Waals surface area contributed by atoms with E-state index < -0.39 is 11.0 Å². The number of rotatable bonds is 8. The van der Waals surface area contributed by atoms with Gasteiger partial charge in [0.1, 0.15) is 12.4 Å². The summed E-state index contributed by atoms with van der Waals surface area (Å²) in [6.45, 7) is 0.172. The fourth-order valence-electron chi connectivity index (χ4n) is 6.20. The van der Waals surface area contributed by atoms with Gasteiger partial charge in [0.15, 0.2) is 16.3 Å². The van der Waals surface area contributed by atoms with E-state index in [0.717, 1.165) is 45.3 Å². The van der Waals surface area contributed by atoms with Crippen LogP contribution < -0.4 is 29.1 Å². The summed E-state index contributed by atoms with van der Waals surface area (Å²) in [4.78, 5) is 30.8. The molecule has 0 fully saturated rings. The molecule has 5 aromatic rings. The zero-order chi connectivity index (χ0) is 33.5. The van der Waals surface area contributed by atoms with E-state index in [1.807, 2.05) is 48.5 Å². The molecule has 0 bridgehead atoms. The number of ether oxygens (including phenoxy) is 3. The molecule has 242 valence electrons. The molecule has 2 aliphatic rings. The third-order valence-corrected chi connectivity index (χ3v) is 10.5. The number of halogens is 2. The molecule has 0 amide bonds. The molecular weight excluding hydrogens is 762 g/mol. The van der Waals surface area contributed by atoms with E-state index in [1.165, 1.54) is 29.0 Å². The highest BCUT2D eigenvalue weighted by molar-refractivity contribution is 9.11. The fourth-order valence-corrected chi connectivity index (χ4v) is 8.56. The van der Waals surface area contributed by atoms with E-state index in [2.05, 4.69) is 44.0 Å². The van der Waals surface area contributed by atoms with Crippen LogP contribution in [0.15, 0.2) is 103 Å². The zero-order valence-corrected chi connectivity index (χ0v) is 29.7. The smallest absolute Gasteiger partial charge is 0.271 e. The summed E-state index contributed by atoms with van der Waals surface area (Å²) in [7, 11) is 3.20. The van der Waals surface area contributed by atoms with Crippen molar-refractivity contribution in [2.24, 2.45) is 4.99 Å². The topological polar surface area (TPSA) is 105 Å². The van der Waals surface area contributed by atoms with Crippen LogP contribution in [-0.4, -0.2) is 23.7 Å². The van der Waals surface area contributed by atoms with Crippen LogP contribution in [0.3, 0.4) is 0 Å². The first kappa shape index (κ1) is 32.0. The summed E-state index contributed by atoms with van der Waals surface area (Å²) in [6, 6.07) is 23.7. The molecule has 1 aliphatic carbocycles. The van der Waals surface area contributed by atoms with Gasteiger partial charge in [-0.05, 0) is 93.5 Å². The standard InChI is InChI=1S/C36H27Br2N3O6S/c1-45-29-14-10-22(16-30(29)46-2)33-27-13-9-21-5-3-4-6-26(21)32(27)39-36-40(33)35(42)31(48-36)17-23-15-24(37)18-28(38)34(23)47-19-20-7-11-25(12-8-20)41(43)44/h3-8,10-12,14-18,33H,9,13,19H2,1-2H3/b31-17+/t33-/m0/s1. The van der Waals surface area contributed by atoms with Crippen molar-refractivity contribution in [2.45, 2.75) is 25.5 Å². The SMILES string of the molecule is COc1ccc([C@H]2C3=C(N=c4s/c(=C/c5cc(Br)cc(Br)c5OCc5ccc([N+](=O)[O-])cc5)c(=O)n42)c2ccccc2CC3)cc1OC. The Balaban J connectivity index is 1.37. The van der Waals surface area contributed by atoms with Gasteiger partial charge in [0, 0.05) is 27.7 Å². The zero-order valence-electron chi connectivity index (χ0n) is 25.7. The minimum absolute atomic E-state index is 0.0104. The third-order valence-electron chi connectivity index (χ3n) is 8.45. The van der Waals surface area contributed by atoms with Gasteiger partial charge in [0.2, 0.25) is 0 Å². The Kier molecular flexibility index (Phi) is 8.80. The van der Waals surface area contributed by atoms with Crippen molar-refractivity contribution in [2.75, 3.05) is 14.2 Å². The van der Waals surface area contributed by atoms with Gasteiger partial charge >= 0.3 is 0 Å². The van der Waals surface area contributed by atoms with Gasteiger partial charge < -0.3 is 14.2 Å². The molecule has 9 nitrogen and oxygen atoms in total. The molecule has 0 saturated heterocycles. The van der Waals surface area contributed by atoms with Crippen LogP contribution in [0.2, 0.25) is 0 Å². The molecule has 48 heavy (non-hydrogen) atoms. The molecule has 0 spiro atoms. The number of allylic oxidation sites excluding steroid dienone is 1. The Morgan fingerprint density at radius 3 is 2.52 bits per heavy atom. The van der Waals surface area contributed by atoms with Gasteiger partial charge in [0.25, 0.3) is 11.2 Å². The summed E-state index contributed by atoms with van der Waals surface area (Å²) in [5, 5.41) is 11.1. The van der Waals surface area contributed by atoms with Crippen molar-refractivity contribution in [1.82, 2.24) is 4.57 Å². The lowest BCUT2D eigenvalue weighted by atomic mass is 9.83. The Bertz CT molecular complexity index is 2310. The highest BCUT2D eigenvalue weighted by Crippen LogP contribution is 2.43. The maximum Gasteiger partial charge on any atom is 0.271 e. The van der Waals surface area contributed by atoms with Crippen LogP contribution >= 0.6 is 43.2 Å². The highest BCUT2D eigenvalue weighted by Gasteiger charge is 2.33. The Morgan fingerprint density at radius 1 is 1.00 bits per heavy atom. The second kappa shape index (κ2) is 13.2. The van der Waals surface area contributed by atoms with E-state index in [9.17, 15) is 14.9 Å². The molecule has 0 unspecified atom stereocenters. The quantitative estimate of drug-likeness (QED) is 0.120. The number of fused-ring (bicyclic) bond motifs is 3. The largest absolute Gasteiger partial charge is 0.493 e. The van der Waals surface area contributed by atoms with Gasteiger partial charge in [-0.3, -0.25) is 19.5 Å². The van der Waals surface area contributed by atoms with Gasteiger partial charge in [0.05, 0.1) is 39.9 Å².